The molecule has 0 aliphatic carbocycles. The number of likely N-dealkylation sites (tertiary alicyclic amines) is 1. The largest absolute Gasteiger partial charge is 0.487 e. The van der Waals surface area contributed by atoms with Crippen molar-refractivity contribution in [1.82, 2.24) is 15.2 Å². The monoisotopic (exact) mass is 347 g/mol. The molecule has 2 heterocycles. The zero-order valence-electron chi connectivity index (χ0n) is 13.6. The molecule has 2 aromatic rings. The summed E-state index contributed by atoms with van der Waals surface area (Å²) in [6.45, 7) is 1.31. The van der Waals surface area contributed by atoms with E-state index in [0.717, 1.165) is 24.6 Å². The van der Waals surface area contributed by atoms with E-state index < -0.39 is 11.6 Å². The molecule has 25 heavy (non-hydrogen) atoms. The van der Waals surface area contributed by atoms with Crippen LogP contribution in [-0.4, -0.2) is 41.7 Å². The third-order valence-corrected chi connectivity index (χ3v) is 4.05. The Balaban J connectivity index is 1.44. The SMILES string of the molecule is O=C(NCCc1cc(F)ccc1F)N1CC[C@H](Oc2cccnc2)C1. The number of aromatic nitrogens is 1. The highest BCUT2D eigenvalue weighted by Crippen LogP contribution is 2.17. The summed E-state index contributed by atoms with van der Waals surface area (Å²) in [7, 11) is 0. The smallest absolute Gasteiger partial charge is 0.317 e. The first-order valence-corrected chi connectivity index (χ1v) is 8.15. The number of rotatable bonds is 5. The number of benzene rings is 1. The van der Waals surface area contributed by atoms with Gasteiger partial charge in [0.1, 0.15) is 23.5 Å². The van der Waals surface area contributed by atoms with Crippen molar-refractivity contribution in [1.29, 1.82) is 0 Å². The van der Waals surface area contributed by atoms with E-state index in [-0.39, 0.29) is 30.7 Å². The van der Waals surface area contributed by atoms with Gasteiger partial charge in [0.15, 0.2) is 0 Å². The van der Waals surface area contributed by atoms with Crippen molar-refractivity contribution in [3.05, 3.63) is 59.9 Å². The van der Waals surface area contributed by atoms with Gasteiger partial charge < -0.3 is 15.0 Å². The van der Waals surface area contributed by atoms with Crippen LogP contribution >= 0.6 is 0 Å². The molecular formula is C18H19F2N3O2. The number of pyridine rings is 1. The fraction of sp³-hybridized carbons (Fsp3) is 0.333. The molecule has 1 aromatic carbocycles. The number of ether oxygens (including phenoxy) is 1. The summed E-state index contributed by atoms with van der Waals surface area (Å²) in [5.41, 5.74) is 0.250. The predicted molar refractivity (Wildman–Crippen MR) is 88.3 cm³/mol. The normalized spacial score (nSPS) is 16.7. The van der Waals surface area contributed by atoms with Gasteiger partial charge in [-0.25, -0.2) is 13.6 Å². The maximum Gasteiger partial charge on any atom is 0.317 e. The van der Waals surface area contributed by atoms with E-state index in [1.165, 1.54) is 0 Å². The minimum absolute atomic E-state index is 0.0735. The topological polar surface area (TPSA) is 54.5 Å². The quantitative estimate of drug-likeness (QED) is 0.905. The van der Waals surface area contributed by atoms with Crippen LogP contribution in [0.4, 0.5) is 13.6 Å². The Bertz CT molecular complexity index is 728. The van der Waals surface area contributed by atoms with Gasteiger partial charge in [-0.2, -0.15) is 0 Å². The molecule has 0 saturated carbocycles. The number of carbonyl (C=O) groups is 1. The molecule has 2 amide bonds. The Hall–Kier alpha value is -2.70. The standard InChI is InChI=1S/C18H19F2N3O2/c19-14-3-4-17(20)13(10-14)5-8-22-18(24)23-9-6-16(12-23)25-15-2-1-7-21-11-15/h1-4,7,10-11,16H,5-6,8-9,12H2,(H,22,24)/t16-/m0/s1. The minimum Gasteiger partial charge on any atom is -0.487 e. The number of carbonyl (C=O) groups excluding carboxylic acids is 1. The summed E-state index contributed by atoms with van der Waals surface area (Å²) >= 11 is 0. The second-order valence-electron chi connectivity index (χ2n) is 5.88. The number of nitrogens with zero attached hydrogens (tertiary/aromatic N) is 2. The Kier molecular flexibility index (Phi) is 5.42. The van der Waals surface area contributed by atoms with Crippen LogP contribution in [0.2, 0.25) is 0 Å². The van der Waals surface area contributed by atoms with Crippen LogP contribution in [0.15, 0.2) is 42.7 Å². The highest BCUT2D eigenvalue weighted by Gasteiger charge is 2.27. The van der Waals surface area contributed by atoms with E-state index in [0.29, 0.717) is 18.8 Å². The van der Waals surface area contributed by atoms with E-state index in [1.807, 2.05) is 6.07 Å². The maximum atomic E-state index is 13.5. The molecule has 132 valence electrons. The van der Waals surface area contributed by atoms with Crippen LogP contribution in [0.3, 0.4) is 0 Å². The third-order valence-electron chi connectivity index (χ3n) is 4.05. The third kappa shape index (κ3) is 4.65. The molecule has 3 rings (SSSR count). The zero-order valence-corrected chi connectivity index (χ0v) is 13.6. The molecule has 0 unspecified atom stereocenters. The van der Waals surface area contributed by atoms with Crippen LogP contribution in [0.5, 0.6) is 5.75 Å². The molecule has 5 nitrogen and oxygen atoms in total. The lowest BCUT2D eigenvalue weighted by atomic mass is 10.1. The van der Waals surface area contributed by atoms with Crippen molar-refractivity contribution in [3.8, 4) is 5.75 Å². The van der Waals surface area contributed by atoms with E-state index in [4.69, 9.17) is 4.74 Å². The van der Waals surface area contributed by atoms with Gasteiger partial charge >= 0.3 is 6.03 Å². The fourth-order valence-electron chi connectivity index (χ4n) is 2.77. The first-order chi connectivity index (χ1) is 12.1. The van der Waals surface area contributed by atoms with E-state index in [2.05, 4.69) is 10.3 Å². The maximum absolute atomic E-state index is 13.5. The first-order valence-electron chi connectivity index (χ1n) is 8.15. The first kappa shape index (κ1) is 17.1. The van der Waals surface area contributed by atoms with Crippen LogP contribution in [-0.2, 0) is 6.42 Å². The fourth-order valence-corrected chi connectivity index (χ4v) is 2.77. The number of urea groups is 1. The van der Waals surface area contributed by atoms with Crippen LogP contribution in [0.25, 0.3) is 0 Å². The molecule has 1 aromatic heterocycles. The molecule has 1 saturated heterocycles. The zero-order chi connectivity index (χ0) is 17.6. The number of amides is 2. The molecule has 1 fully saturated rings. The number of hydrogen-bond acceptors (Lipinski definition) is 3. The van der Waals surface area contributed by atoms with Crippen LogP contribution in [0.1, 0.15) is 12.0 Å². The Morgan fingerprint density at radius 2 is 2.24 bits per heavy atom. The van der Waals surface area contributed by atoms with Gasteiger partial charge in [0.25, 0.3) is 0 Å². The number of hydrogen-bond donors (Lipinski definition) is 1. The van der Waals surface area contributed by atoms with E-state index in [1.54, 1.807) is 23.4 Å². The molecule has 1 atom stereocenters. The van der Waals surface area contributed by atoms with Gasteiger partial charge in [-0.1, -0.05) is 0 Å². The van der Waals surface area contributed by atoms with Gasteiger partial charge in [-0.05, 0) is 42.3 Å². The lowest BCUT2D eigenvalue weighted by Gasteiger charge is -2.18. The second-order valence-corrected chi connectivity index (χ2v) is 5.88. The van der Waals surface area contributed by atoms with Crippen molar-refractivity contribution < 1.29 is 18.3 Å². The Labute approximate surface area is 144 Å². The highest BCUT2D eigenvalue weighted by atomic mass is 19.1. The van der Waals surface area contributed by atoms with Gasteiger partial charge in [0, 0.05) is 25.7 Å². The predicted octanol–water partition coefficient (Wildman–Crippen LogP) is 2.77. The average Bonchev–Trinajstić information content (AvgIpc) is 3.07. The summed E-state index contributed by atoms with van der Waals surface area (Å²) in [4.78, 5) is 17.8. The van der Waals surface area contributed by atoms with Gasteiger partial charge in [0.05, 0.1) is 12.7 Å². The Morgan fingerprint density at radius 3 is 3.04 bits per heavy atom. The Morgan fingerprint density at radius 1 is 1.36 bits per heavy atom. The van der Waals surface area contributed by atoms with Crippen LogP contribution in [0, 0.1) is 11.6 Å². The molecule has 1 aliphatic heterocycles. The van der Waals surface area contributed by atoms with Crippen molar-refractivity contribution in [3.63, 3.8) is 0 Å². The van der Waals surface area contributed by atoms with Gasteiger partial charge in [0.2, 0.25) is 0 Å². The summed E-state index contributed by atoms with van der Waals surface area (Å²) in [6.07, 6.45) is 4.20. The molecular weight excluding hydrogens is 328 g/mol. The minimum atomic E-state index is -0.488. The van der Waals surface area contributed by atoms with Crippen molar-refractivity contribution >= 4 is 6.03 Å². The van der Waals surface area contributed by atoms with Crippen molar-refractivity contribution in [2.24, 2.45) is 0 Å². The average molecular weight is 347 g/mol. The van der Waals surface area contributed by atoms with Crippen LogP contribution < -0.4 is 10.1 Å². The number of halogens is 2. The molecule has 0 bridgehead atoms. The lowest BCUT2D eigenvalue weighted by molar-refractivity contribution is 0.186. The molecule has 1 aliphatic rings. The summed E-state index contributed by atoms with van der Waals surface area (Å²) in [5, 5.41) is 2.73. The number of nitrogens with one attached hydrogen (secondary N) is 1. The molecule has 0 spiro atoms. The van der Waals surface area contributed by atoms with E-state index >= 15 is 0 Å². The van der Waals surface area contributed by atoms with E-state index in [9.17, 15) is 13.6 Å². The van der Waals surface area contributed by atoms with Gasteiger partial charge in [-0.15, -0.1) is 0 Å². The van der Waals surface area contributed by atoms with Gasteiger partial charge in [-0.3, -0.25) is 4.98 Å². The summed E-state index contributed by atoms with van der Waals surface area (Å²) in [6, 6.07) is 6.70. The van der Waals surface area contributed by atoms with Crippen molar-refractivity contribution in [2.45, 2.75) is 18.9 Å². The lowest BCUT2D eigenvalue weighted by Crippen LogP contribution is -2.40. The van der Waals surface area contributed by atoms with Crippen molar-refractivity contribution in [2.75, 3.05) is 19.6 Å². The molecule has 7 heteroatoms. The molecule has 1 N–H and O–H groups in total. The summed E-state index contributed by atoms with van der Waals surface area (Å²) in [5.74, 6) is -0.282. The summed E-state index contributed by atoms with van der Waals surface area (Å²) < 4.78 is 32.4. The second kappa shape index (κ2) is 7.92. The highest BCUT2D eigenvalue weighted by molar-refractivity contribution is 5.74. The molecule has 0 radical (unpaired) electrons.